The fourth-order valence-corrected chi connectivity index (χ4v) is 1.99. The maximum absolute atomic E-state index is 12.0. The van der Waals surface area contributed by atoms with Crippen molar-refractivity contribution in [3.63, 3.8) is 0 Å². The van der Waals surface area contributed by atoms with Crippen LogP contribution < -0.4 is 0 Å². The van der Waals surface area contributed by atoms with Crippen molar-refractivity contribution in [1.29, 1.82) is 0 Å². The highest BCUT2D eigenvalue weighted by atomic mass is 16.6. The second-order valence-corrected chi connectivity index (χ2v) is 5.39. The molecule has 0 saturated carbocycles. The predicted octanol–water partition coefficient (Wildman–Crippen LogP) is 2.39. The maximum atomic E-state index is 12.0. The lowest BCUT2D eigenvalue weighted by Crippen LogP contribution is -2.41. The number of carbonyl (C=O) groups is 2. The zero-order chi connectivity index (χ0) is 13.2. The van der Waals surface area contributed by atoms with Crippen LogP contribution in [0.5, 0.6) is 0 Å². The Kier molecular flexibility index (Phi) is 3.96. The number of ether oxygens (including phenoxy) is 1. The van der Waals surface area contributed by atoms with Gasteiger partial charge in [-0.25, -0.2) is 4.79 Å². The van der Waals surface area contributed by atoms with Crippen molar-refractivity contribution in [3.8, 4) is 0 Å². The molecule has 0 aromatic carbocycles. The van der Waals surface area contributed by atoms with E-state index in [0.717, 1.165) is 11.9 Å². The molecule has 1 aliphatic heterocycles. The van der Waals surface area contributed by atoms with Crippen molar-refractivity contribution in [1.82, 2.24) is 4.90 Å². The van der Waals surface area contributed by atoms with Crippen molar-refractivity contribution in [2.24, 2.45) is 5.92 Å². The standard InChI is InChI=1S/C13H21NO3/c1-6-10-7-14(11(8-15)9(10)2)12(16)17-13(3,4)5/h6,8-9,11H,7H2,1-5H3/b10-6-. The average Bonchev–Trinajstić information content (AvgIpc) is 2.52. The highest BCUT2D eigenvalue weighted by molar-refractivity contribution is 5.76. The Labute approximate surface area is 103 Å². The lowest BCUT2D eigenvalue weighted by atomic mass is 9.99. The van der Waals surface area contributed by atoms with Gasteiger partial charge in [-0.15, -0.1) is 0 Å². The van der Waals surface area contributed by atoms with Crippen LogP contribution in [0.2, 0.25) is 0 Å². The minimum absolute atomic E-state index is 0.0741. The van der Waals surface area contributed by atoms with Crippen LogP contribution >= 0.6 is 0 Å². The molecule has 1 fully saturated rings. The molecule has 2 atom stereocenters. The molecule has 2 unspecified atom stereocenters. The van der Waals surface area contributed by atoms with Gasteiger partial charge in [0.05, 0.1) is 6.04 Å². The van der Waals surface area contributed by atoms with E-state index in [4.69, 9.17) is 4.74 Å². The van der Waals surface area contributed by atoms with Crippen LogP contribution in [0.3, 0.4) is 0 Å². The van der Waals surface area contributed by atoms with Gasteiger partial charge < -0.3 is 9.53 Å². The molecule has 1 rings (SSSR count). The third-order valence-electron chi connectivity index (χ3n) is 2.95. The summed E-state index contributed by atoms with van der Waals surface area (Å²) in [5, 5.41) is 0. The molecule has 0 radical (unpaired) electrons. The number of aldehydes is 1. The predicted molar refractivity (Wildman–Crippen MR) is 65.7 cm³/mol. The Morgan fingerprint density at radius 1 is 1.47 bits per heavy atom. The van der Waals surface area contributed by atoms with Crippen LogP contribution in [0.25, 0.3) is 0 Å². The summed E-state index contributed by atoms with van der Waals surface area (Å²) in [6, 6.07) is -0.406. The van der Waals surface area contributed by atoms with Crippen LogP contribution in [-0.4, -0.2) is 35.5 Å². The second kappa shape index (κ2) is 4.90. The lowest BCUT2D eigenvalue weighted by Gasteiger charge is -2.26. The molecule has 1 heterocycles. The van der Waals surface area contributed by atoms with Gasteiger partial charge >= 0.3 is 6.09 Å². The van der Waals surface area contributed by atoms with E-state index in [-0.39, 0.29) is 5.92 Å². The monoisotopic (exact) mass is 239 g/mol. The summed E-state index contributed by atoms with van der Waals surface area (Å²) >= 11 is 0. The van der Waals surface area contributed by atoms with Crippen molar-refractivity contribution in [3.05, 3.63) is 11.6 Å². The summed E-state index contributed by atoms with van der Waals surface area (Å²) in [5.41, 5.74) is 0.569. The van der Waals surface area contributed by atoms with E-state index in [1.54, 1.807) is 0 Å². The van der Waals surface area contributed by atoms with E-state index in [9.17, 15) is 9.59 Å². The zero-order valence-electron chi connectivity index (χ0n) is 11.2. The van der Waals surface area contributed by atoms with Crippen molar-refractivity contribution in [2.75, 3.05) is 6.54 Å². The fraction of sp³-hybridized carbons (Fsp3) is 0.692. The van der Waals surface area contributed by atoms with Crippen LogP contribution in [0.1, 0.15) is 34.6 Å². The van der Waals surface area contributed by atoms with Gasteiger partial charge in [0.15, 0.2) is 0 Å². The van der Waals surface area contributed by atoms with E-state index in [1.165, 1.54) is 4.90 Å². The molecule has 17 heavy (non-hydrogen) atoms. The number of amides is 1. The zero-order valence-corrected chi connectivity index (χ0v) is 11.2. The molecule has 96 valence electrons. The first kappa shape index (κ1) is 13.7. The molecule has 0 aromatic rings. The van der Waals surface area contributed by atoms with E-state index >= 15 is 0 Å². The molecule has 4 heteroatoms. The number of carbonyl (C=O) groups excluding carboxylic acids is 2. The lowest BCUT2D eigenvalue weighted by molar-refractivity contribution is -0.112. The number of rotatable bonds is 1. The first-order chi connectivity index (χ1) is 7.80. The van der Waals surface area contributed by atoms with Crippen molar-refractivity contribution >= 4 is 12.4 Å². The average molecular weight is 239 g/mol. The van der Waals surface area contributed by atoms with Crippen LogP contribution in [0, 0.1) is 5.92 Å². The Morgan fingerprint density at radius 2 is 2.06 bits per heavy atom. The van der Waals surface area contributed by atoms with E-state index in [0.29, 0.717) is 6.54 Å². The van der Waals surface area contributed by atoms with Gasteiger partial charge in [-0.3, -0.25) is 4.90 Å². The Bertz CT molecular complexity index is 341. The molecule has 0 aliphatic carbocycles. The quantitative estimate of drug-likeness (QED) is 0.521. The van der Waals surface area contributed by atoms with Gasteiger partial charge in [-0.2, -0.15) is 0 Å². The number of likely N-dealkylation sites (tertiary alicyclic amines) is 1. The van der Waals surface area contributed by atoms with Gasteiger partial charge in [-0.1, -0.05) is 13.0 Å². The fourth-order valence-electron chi connectivity index (χ4n) is 1.99. The molecule has 1 aliphatic rings. The molecule has 0 spiro atoms. The number of hydrogen-bond acceptors (Lipinski definition) is 3. The first-order valence-corrected chi connectivity index (χ1v) is 5.90. The molecule has 0 aromatic heterocycles. The van der Waals surface area contributed by atoms with Crippen LogP contribution in [0.15, 0.2) is 11.6 Å². The van der Waals surface area contributed by atoms with Crippen LogP contribution in [0.4, 0.5) is 4.79 Å². The summed E-state index contributed by atoms with van der Waals surface area (Å²) in [4.78, 5) is 24.5. The first-order valence-electron chi connectivity index (χ1n) is 5.90. The molecular weight excluding hydrogens is 218 g/mol. The molecule has 4 nitrogen and oxygen atoms in total. The van der Waals surface area contributed by atoms with Gasteiger partial charge in [0.2, 0.25) is 0 Å². The highest BCUT2D eigenvalue weighted by Crippen LogP contribution is 2.29. The van der Waals surface area contributed by atoms with Gasteiger partial charge in [0, 0.05) is 12.5 Å². The number of nitrogens with zero attached hydrogens (tertiary/aromatic N) is 1. The summed E-state index contributed by atoms with van der Waals surface area (Å²) < 4.78 is 5.30. The third-order valence-corrected chi connectivity index (χ3v) is 2.95. The van der Waals surface area contributed by atoms with Crippen LogP contribution in [-0.2, 0) is 9.53 Å². The molecular formula is C13H21NO3. The maximum Gasteiger partial charge on any atom is 0.411 e. The SMILES string of the molecule is C/C=C1/CN(C(=O)OC(C)(C)C)C(C=O)C1C. The summed E-state index contributed by atoms with van der Waals surface area (Å²) in [5.74, 6) is 0.0741. The topological polar surface area (TPSA) is 46.6 Å². The Balaban J connectivity index is 2.84. The van der Waals surface area contributed by atoms with Gasteiger partial charge in [0.25, 0.3) is 0 Å². The Morgan fingerprint density at radius 3 is 2.47 bits per heavy atom. The van der Waals surface area contributed by atoms with E-state index in [1.807, 2.05) is 40.7 Å². The minimum atomic E-state index is -0.535. The summed E-state index contributed by atoms with van der Waals surface area (Å²) in [6.45, 7) is 9.81. The largest absolute Gasteiger partial charge is 0.444 e. The van der Waals surface area contributed by atoms with Crippen molar-refractivity contribution < 1.29 is 14.3 Å². The second-order valence-electron chi connectivity index (χ2n) is 5.39. The molecule has 0 N–H and O–H groups in total. The Hall–Kier alpha value is -1.32. The summed E-state index contributed by atoms with van der Waals surface area (Å²) in [7, 11) is 0. The smallest absolute Gasteiger partial charge is 0.411 e. The van der Waals surface area contributed by atoms with Gasteiger partial charge in [-0.05, 0) is 33.3 Å². The number of hydrogen-bond donors (Lipinski definition) is 0. The number of allylic oxidation sites excluding steroid dienone is 1. The molecule has 0 bridgehead atoms. The minimum Gasteiger partial charge on any atom is -0.444 e. The van der Waals surface area contributed by atoms with Gasteiger partial charge in [0.1, 0.15) is 11.9 Å². The molecule has 1 amide bonds. The third kappa shape index (κ3) is 3.08. The highest BCUT2D eigenvalue weighted by Gasteiger charge is 2.39. The van der Waals surface area contributed by atoms with Crippen molar-refractivity contribution in [2.45, 2.75) is 46.3 Å². The summed E-state index contributed by atoms with van der Waals surface area (Å²) in [6.07, 6.45) is 2.37. The van der Waals surface area contributed by atoms with E-state index in [2.05, 4.69) is 0 Å². The molecule has 1 saturated heterocycles. The normalized spacial score (nSPS) is 27.4. The van der Waals surface area contributed by atoms with E-state index < -0.39 is 17.7 Å².